The second-order valence-corrected chi connectivity index (χ2v) is 6.56. The van der Waals surface area contributed by atoms with Crippen molar-refractivity contribution in [3.05, 3.63) is 56.8 Å². The molecule has 4 rings (SSSR count). The number of hydrogen-bond acceptors (Lipinski definition) is 3. The van der Waals surface area contributed by atoms with Crippen LogP contribution in [-0.2, 0) is 19.3 Å². The van der Waals surface area contributed by atoms with E-state index in [0.717, 1.165) is 38.0 Å². The molecule has 1 aliphatic heterocycles. The van der Waals surface area contributed by atoms with Crippen LogP contribution in [0.15, 0.2) is 34.5 Å². The van der Waals surface area contributed by atoms with Gasteiger partial charge in [-0.1, -0.05) is 11.6 Å². The van der Waals surface area contributed by atoms with Gasteiger partial charge in [-0.25, -0.2) is 0 Å². The highest BCUT2D eigenvalue weighted by Crippen LogP contribution is 2.43. The minimum atomic E-state index is 0. The zero-order chi connectivity index (χ0) is 14.2. The minimum absolute atomic E-state index is 0. The molecule has 1 aromatic carbocycles. The maximum absolute atomic E-state index is 5.88. The van der Waals surface area contributed by atoms with Gasteiger partial charge in [0, 0.05) is 12.0 Å². The molecule has 0 saturated heterocycles. The van der Waals surface area contributed by atoms with Crippen molar-refractivity contribution < 1.29 is 4.74 Å². The third-order valence-corrected chi connectivity index (χ3v) is 5.22. The summed E-state index contributed by atoms with van der Waals surface area (Å²) in [6.45, 7) is 1.54. The van der Waals surface area contributed by atoms with Crippen molar-refractivity contribution in [2.75, 3.05) is 13.2 Å². The first kappa shape index (κ1) is 15.6. The highest BCUT2D eigenvalue weighted by atomic mass is 35.5. The molecule has 2 nitrogen and oxygen atoms in total. The van der Waals surface area contributed by atoms with Crippen LogP contribution in [0.5, 0.6) is 5.75 Å². The van der Waals surface area contributed by atoms with E-state index in [4.69, 9.17) is 10.5 Å². The van der Waals surface area contributed by atoms with Gasteiger partial charge < -0.3 is 10.5 Å². The molecule has 1 aliphatic carbocycles. The average molecular weight is 334 g/mol. The fourth-order valence-electron chi connectivity index (χ4n) is 3.62. The molecule has 2 aromatic rings. The lowest BCUT2D eigenvalue weighted by atomic mass is 9.94. The second kappa shape index (κ2) is 6.45. The number of thiophene rings is 1. The molecule has 1 aromatic heterocycles. The fraction of sp³-hybridized carbons (Fsp3) is 0.333. The maximum atomic E-state index is 5.88. The first-order valence-corrected chi connectivity index (χ1v) is 8.51. The molecule has 0 fully saturated rings. The molecule has 2 aliphatic rings. The maximum Gasteiger partial charge on any atom is 0.123 e. The van der Waals surface area contributed by atoms with Gasteiger partial charge in [0.1, 0.15) is 5.75 Å². The smallest absolute Gasteiger partial charge is 0.123 e. The number of ether oxygens (including phenoxy) is 1. The highest BCUT2D eigenvalue weighted by Gasteiger charge is 2.27. The first-order chi connectivity index (χ1) is 10.4. The molecular formula is C18H20ClNOS. The molecule has 0 bridgehead atoms. The molecule has 116 valence electrons. The van der Waals surface area contributed by atoms with Crippen LogP contribution >= 0.6 is 23.7 Å². The van der Waals surface area contributed by atoms with Crippen molar-refractivity contribution in [1.29, 1.82) is 0 Å². The summed E-state index contributed by atoms with van der Waals surface area (Å²) in [6.07, 6.45) is 4.15. The molecule has 4 heteroatoms. The van der Waals surface area contributed by atoms with E-state index in [1.165, 1.54) is 27.8 Å². The molecule has 0 atom stereocenters. The Hall–Kier alpha value is -1.29. The number of rotatable bonds is 4. The molecular weight excluding hydrogens is 314 g/mol. The van der Waals surface area contributed by atoms with Crippen molar-refractivity contribution in [2.45, 2.75) is 25.7 Å². The Kier molecular flexibility index (Phi) is 4.57. The topological polar surface area (TPSA) is 35.2 Å². The first-order valence-electron chi connectivity index (χ1n) is 7.57. The number of hydrogen-bond donors (Lipinski definition) is 1. The quantitative estimate of drug-likeness (QED) is 0.917. The molecule has 0 radical (unpaired) electrons. The largest absolute Gasteiger partial charge is 0.493 e. The van der Waals surface area contributed by atoms with Gasteiger partial charge in [-0.05, 0) is 71.0 Å². The Morgan fingerprint density at radius 2 is 2.14 bits per heavy atom. The summed E-state index contributed by atoms with van der Waals surface area (Å²) >= 11 is 1.77. The number of halogens is 1. The van der Waals surface area contributed by atoms with E-state index >= 15 is 0 Å². The summed E-state index contributed by atoms with van der Waals surface area (Å²) in [5, 5.41) is 4.41. The van der Waals surface area contributed by atoms with E-state index in [1.807, 2.05) is 0 Å². The SMILES string of the molecule is Cl.NCCC1=C(Cc2ccsc2)Cc2ccc3c(c21)CCO3. The summed E-state index contributed by atoms with van der Waals surface area (Å²) in [7, 11) is 0. The van der Waals surface area contributed by atoms with Crippen LogP contribution in [0.3, 0.4) is 0 Å². The lowest BCUT2D eigenvalue weighted by Gasteiger charge is -2.10. The van der Waals surface area contributed by atoms with Gasteiger partial charge in [0.25, 0.3) is 0 Å². The van der Waals surface area contributed by atoms with Gasteiger partial charge in [0.2, 0.25) is 0 Å². The van der Waals surface area contributed by atoms with E-state index in [-0.39, 0.29) is 12.4 Å². The summed E-state index contributed by atoms with van der Waals surface area (Å²) < 4.78 is 5.74. The Morgan fingerprint density at radius 3 is 2.91 bits per heavy atom. The number of allylic oxidation sites excluding steroid dienone is 1. The lowest BCUT2D eigenvalue weighted by molar-refractivity contribution is 0.357. The molecule has 0 amide bonds. The summed E-state index contributed by atoms with van der Waals surface area (Å²) in [5.74, 6) is 1.08. The van der Waals surface area contributed by atoms with Crippen LogP contribution in [-0.4, -0.2) is 13.2 Å². The van der Waals surface area contributed by atoms with Gasteiger partial charge in [-0.15, -0.1) is 12.4 Å². The fourth-order valence-corrected chi connectivity index (χ4v) is 4.28. The highest BCUT2D eigenvalue weighted by molar-refractivity contribution is 7.07. The van der Waals surface area contributed by atoms with E-state index < -0.39 is 0 Å². The van der Waals surface area contributed by atoms with Crippen molar-refractivity contribution in [3.63, 3.8) is 0 Å². The van der Waals surface area contributed by atoms with Crippen LogP contribution in [0.4, 0.5) is 0 Å². The Balaban J connectivity index is 0.00000144. The van der Waals surface area contributed by atoms with Gasteiger partial charge in [-0.2, -0.15) is 11.3 Å². The summed E-state index contributed by atoms with van der Waals surface area (Å²) in [5.41, 5.74) is 14.7. The zero-order valence-electron chi connectivity index (χ0n) is 12.4. The van der Waals surface area contributed by atoms with Gasteiger partial charge in [0.05, 0.1) is 6.61 Å². The Bertz CT molecular complexity index is 706. The van der Waals surface area contributed by atoms with Crippen molar-refractivity contribution in [2.24, 2.45) is 5.73 Å². The van der Waals surface area contributed by atoms with Crippen molar-refractivity contribution >= 4 is 29.3 Å². The molecule has 22 heavy (non-hydrogen) atoms. The third-order valence-electron chi connectivity index (χ3n) is 4.49. The van der Waals surface area contributed by atoms with Gasteiger partial charge >= 0.3 is 0 Å². The van der Waals surface area contributed by atoms with Crippen LogP contribution < -0.4 is 10.5 Å². The Morgan fingerprint density at radius 1 is 1.23 bits per heavy atom. The van der Waals surface area contributed by atoms with Crippen molar-refractivity contribution in [1.82, 2.24) is 0 Å². The number of benzene rings is 1. The van der Waals surface area contributed by atoms with Gasteiger partial charge in [-0.3, -0.25) is 0 Å². The monoisotopic (exact) mass is 333 g/mol. The standard InChI is InChI=1S/C18H19NOS.ClH/c19-6-3-15-14(9-12-5-8-21-11-12)10-13-1-2-17-16(18(13)15)4-7-20-17;/h1-2,5,8,11H,3-4,6-7,9-10,19H2;1H. The normalized spacial score (nSPS) is 15.3. The van der Waals surface area contributed by atoms with Crippen LogP contribution in [0, 0.1) is 0 Å². The molecule has 0 spiro atoms. The number of nitrogens with two attached hydrogens (primary N) is 1. The summed E-state index contributed by atoms with van der Waals surface area (Å²) in [4.78, 5) is 0. The molecule has 0 saturated carbocycles. The third kappa shape index (κ3) is 2.58. The van der Waals surface area contributed by atoms with E-state index in [1.54, 1.807) is 16.9 Å². The lowest BCUT2D eigenvalue weighted by Crippen LogP contribution is -2.02. The van der Waals surface area contributed by atoms with E-state index in [9.17, 15) is 0 Å². The minimum Gasteiger partial charge on any atom is -0.493 e. The van der Waals surface area contributed by atoms with E-state index in [0.29, 0.717) is 6.54 Å². The second-order valence-electron chi connectivity index (χ2n) is 5.78. The zero-order valence-corrected chi connectivity index (χ0v) is 14.1. The van der Waals surface area contributed by atoms with E-state index in [2.05, 4.69) is 29.0 Å². The Labute approximate surface area is 141 Å². The molecule has 2 heterocycles. The van der Waals surface area contributed by atoms with Crippen LogP contribution in [0.1, 0.15) is 28.7 Å². The van der Waals surface area contributed by atoms with Gasteiger partial charge in [0.15, 0.2) is 0 Å². The van der Waals surface area contributed by atoms with Crippen LogP contribution in [0.25, 0.3) is 5.57 Å². The molecule has 0 unspecified atom stereocenters. The predicted octanol–water partition coefficient (Wildman–Crippen LogP) is 4.01. The average Bonchev–Trinajstić information content (AvgIpc) is 3.19. The summed E-state index contributed by atoms with van der Waals surface area (Å²) in [6, 6.07) is 6.62. The molecule has 2 N–H and O–H groups in total. The number of fused-ring (bicyclic) bond motifs is 3. The van der Waals surface area contributed by atoms with Crippen LogP contribution in [0.2, 0.25) is 0 Å². The van der Waals surface area contributed by atoms with Crippen molar-refractivity contribution in [3.8, 4) is 5.75 Å². The predicted molar refractivity (Wildman–Crippen MR) is 95.2 cm³/mol.